The molecule has 0 radical (unpaired) electrons. The predicted octanol–water partition coefficient (Wildman–Crippen LogP) is 2.54. The number of hydrogen-bond donors (Lipinski definition) is 3. The number of rotatable bonds is 6. The Morgan fingerprint density at radius 3 is 2.37 bits per heavy atom. The highest BCUT2D eigenvalue weighted by atomic mass is 14.9. The number of nitrogens with two attached hydrogens (primary N) is 1. The van der Waals surface area contributed by atoms with Crippen LogP contribution in [0.2, 0.25) is 0 Å². The zero-order valence-electron chi connectivity index (χ0n) is 11.7. The van der Waals surface area contributed by atoms with Gasteiger partial charge in [0.15, 0.2) is 0 Å². The Bertz CT molecular complexity index is 483. The van der Waals surface area contributed by atoms with Crippen LogP contribution in [-0.4, -0.2) is 11.5 Å². The molecule has 0 unspecified atom stereocenters. The summed E-state index contributed by atoms with van der Waals surface area (Å²) in [7, 11) is 0. The smallest absolute Gasteiger partial charge is 0.0205 e. The summed E-state index contributed by atoms with van der Waals surface area (Å²) in [4.78, 5) is 3.12. The highest BCUT2D eigenvalue weighted by Crippen LogP contribution is 2.21. The van der Waals surface area contributed by atoms with Gasteiger partial charge in [-0.25, -0.2) is 0 Å². The Balaban J connectivity index is 1.86. The minimum atomic E-state index is 0.136. The minimum absolute atomic E-state index is 0.136. The van der Waals surface area contributed by atoms with Crippen molar-refractivity contribution in [1.82, 2.24) is 10.3 Å². The summed E-state index contributed by atoms with van der Waals surface area (Å²) in [6, 6.07) is 10.6. The highest BCUT2D eigenvalue weighted by Gasteiger charge is 2.20. The highest BCUT2D eigenvalue weighted by molar-refractivity contribution is 5.23. The van der Waals surface area contributed by atoms with E-state index in [9.17, 15) is 0 Å². The first-order valence-corrected chi connectivity index (χ1v) is 6.74. The maximum absolute atomic E-state index is 5.59. The number of H-pyrrole nitrogens is 1. The van der Waals surface area contributed by atoms with Crippen molar-refractivity contribution in [2.24, 2.45) is 5.73 Å². The third kappa shape index (κ3) is 3.69. The Kier molecular flexibility index (Phi) is 4.40. The van der Waals surface area contributed by atoms with Gasteiger partial charge in [-0.1, -0.05) is 38.1 Å². The van der Waals surface area contributed by atoms with Gasteiger partial charge in [0.1, 0.15) is 0 Å². The lowest BCUT2D eigenvalue weighted by Gasteiger charge is -2.24. The van der Waals surface area contributed by atoms with Crippen LogP contribution in [-0.2, 0) is 18.5 Å². The van der Waals surface area contributed by atoms with Gasteiger partial charge in [0, 0.05) is 37.4 Å². The van der Waals surface area contributed by atoms with Gasteiger partial charge in [0.25, 0.3) is 0 Å². The van der Waals surface area contributed by atoms with Crippen LogP contribution in [0.5, 0.6) is 0 Å². The van der Waals surface area contributed by atoms with Gasteiger partial charge in [0.05, 0.1) is 0 Å². The zero-order valence-corrected chi connectivity index (χ0v) is 11.7. The summed E-state index contributed by atoms with van der Waals surface area (Å²) in [5, 5.41) is 3.52. The van der Waals surface area contributed by atoms with Crippen LogP contribution in [0.15, 0.2) is 42.7 Å². The molecule has 1 aromatic heterocycles. The number of hydrogen-bond acceptors (Lipinski definition) is 2. The van der Waals surface area contributed by atoms with Crippen LogP contribution in [0.4, 0.5) is 0 Å². The molecule has 2 rings (SSSR count). The van der Waals surface area contributed by atoms with Crippen molar-refractivity contribution in [2.45, 2.75) is 32.4 Å². The van der Waals surface area contributed by atoms with E-state index in [1.807, 2.05) is 6.20 Å². The van der Waals surface area contributed by atoms with Crippen LogP contribution in [0, 0.1) is 0 Å². The molecule has 3 nitrogen and oxygen atoms in total. The summed E-state index contributed by atoms with van der Waals surface area (Å²) in [5.74, 6) is 0. The standard InChI is InChI=1S/C16H23N3/c1-16(2,15-7-8-18-11-15)12-19-10-14-5-3-13(9-17)4-6-14/h3-8,11,18-19H,9-10,12,17H2,1-2H3. The number of aromatic amines is 1. The number of aromatic nitrogens is 1. The zero-order chi connectivity index (χ0) is 13.7. The van der Waals surface area contributed by atoms with Gasteiger partial charge in [-0.2, -0.15) is 0 Å². The topological polar surface area (TPSA) is 53.8 Å². The molecule has 2 aromatic rings. The normalized spacial score (nSPS) is 11.7. The Hall–Kier alpha value is -1.58. The fraction of sp³-hybridized carbons (Fsp3) is 0.375. The fourth-order valence-electron chi connectivity index (χ4n) is 2.16. The lowest BCUT2D eigenvalue weighted by molar-refractivity contribution is 0.469. The van der Waals surface area contributed by atoms with E-state index >= 15 is 0 Å². The van der Waals surface area contributed by atoms with Crippen molar-refractivity contribution in [3.63, 3.8) is 0 Å². The van der Waals surface area contributed by atoms with E-state index in [4.69, 9.17) is 5.73 Å². The first-order valence-electron chi connectivity index (χ1n) is 6.74. The van der Waals surface area contributed by atoms with E-state index in [1.165, 1.54) is 16.7 Å². The second kappa shape index (κ2) is 6.04. The molecule has 0 fully saturated rings. The quantitative estimate of drug-likeness (QED) is 0.745. The van der Waals surface area contributed by atoms with E-state index in [1.54, 1.807) is 0 Å². The molecule has 19 heavy (non-hydrogen) atoms. The maximum Gasteiger partial charge on any atom is 0.0205 e. The lowest BCUT2D eigenvalue weighted by Crippen LogP contribution is -2.32. The lowest BCUT2D eigenvalue weighted by atomic mass is 9.86. The first kappa shape index (κ1) is 13.8. The van der Waals surface area contributed by atoms with Crippen molar-refractivity contribution in [1.29, 1.82) is 0 Å². The fourth-order valence-corrected chi connectivity index (χ4v) is 2.16. The van der Waals surface area contributed by atoms with Crippen molar-refractivity contribution < 1.29 is 0 Å². The van der Waals surface area contributed by atoms with Gasteiger partial charge in [0.2, 0.25) is 0 Å². The Morgan fingerprint density at radius 1 is 1.11 bits per heavy atom. The maximum atomic E-state index is 5.59. The second-order valence-corrected chi connectivity index (χ2v) is 5.61. The monoisotopic (exact) mass is 257 g/mol. The number of benzene rings is 1. The molecule has 3 heteroatoms. The molecule has 0 bridgehead atoms. The summed E-state index contributed by atoms with van der Waals surface area (Å²) < 4.78 is 0. The number of nitrogens with one attached hydrogen (secondary N) is 2. The summed E-state index contributed by atoms with van der Waals surface area (Å²) >= 11 is 0. The van der Waals surface area contributed by atoms with Crippen LogP contribution in [0.3, 0.4) is 0 Å². The molecular weight excluding hydrogens is 234 g/mol. The first-order chi connectivity index (χ1) is 9.12. The van der Waals surface area contributed by atoms with E-state index in [0.29, 0.717) is 6.54 Å². The Labute approximate surface area is 115 Å². The van der Waals surface area contributed by atoms with Crippen molar-refractivity contribution in [2.75, 3.05) is 6.54 Å². The molecule has 0 saturated carbocycles. The van der Waals surface area contributed by atoms with E-state index < -0.39 is 0 Å². The average molecular weight is 257 g/mol. The minimum Gasteiger partial charge on any atom is -0.367 e. The molecule has 1 heterocycles. The van der Waals surface area contributed by atoms with Crippen LogP contribution >= 0.6 is 0 Å². The van der Waals surface area contributed by atoms with E-state index in [0.717, 1.165) is 13.1 Å². The third-order valence-electron chi connectivity index (χ3n) is 3.53. The molecule has 0 spiro atoms. The van der Waals surface area contributed by atoms with Crippen molar-refractivity contribution in [3.05, 3.63) is 59.4 Å². The van der Waals surface area contributed by atoms with E-state index in [2.05, 4.69) is 60.7 Å². The molecule has 0 saturated heterocycles. The molecule has 0 aliphatic heterocycles. The largest absolute Gasteiger partial charge is 0.367 e. The van der Waals surface area contributed by atoms with Crippen LogP contribution < -0.4 is 11.1 Å². The summed E-state index contributed by atoms with van der Waals surface area (Å²) in [5.41, 5.74) is 9.53. The molecular formula is C16H23N3. The molecule has 0 atom stereocenters. The SMILES string of the molecule is CC(C)(CNCc1ccc(CN)cc1)c1cc[nH]c1. The second-order valence-electron chi connectivity index (χ2n) is 5.61. The van der Waals surface area contributed by atoms with E-state index in [-0.39, 0.29) is 5.41 Å². The van der Waals surface area contributed by atoms with Crippen LogP contribution in [0.25, 0.3) is 0 Å². The molecule has 1 aromatic carbocycles. The Morgan fingerprint density at radius 2 is 1.79 bits per heavy atom. The predicted molar refractivity (Wildman–Crippen MR) is 79.9 cm³/mol. The third-order valence-corrected chi connectivity index (χ3v) is 3.53. The van der Waals surface area contributed by atoms with Gasteiger partial charge in [-0.3, -0.25) is 0 Å². The average Bonchev–Trinajstić information content (AvgIpc) is 2.94. The molecule has 0 amide bonds. The molecule has 102 valence electrons. The summed E-state index contributed by atoms with van der Waals surface area (Å²) in [6.07, 6.45) is 4.04. The van der Waals surface area contributed by atoms with Gasteiger partial charge in [-0.15, -0.1) is 0 Å². The van der Waals surface area contributed by atoms with Crippen molar-refractivity contribution in [3.8, 4) is 0 Å². The molecule has 0 aliphatic carbocycles. The van der Waals surface area contributed by atoms with Gasteiger partial charge in [-0.05, 0) is 22.8 Å². The van der Waals surface area contributed by atoms with Crippen molar-refractivity contribution >= 4 is 0 Å². The van der Waals surface area contributed by atoms with Gasteiger partial charge >= 0.3 is 0 Å². The summed E-state index contributed by atoms with van der Waals surface area (Å²) in [6.45, 7) is 6.94. The molecule has 0 aliphatic rings. The van der Waals surface area contributed by atoms with Crippen LogP contribution in [0.1, 0.15) is 30.5 Å². The van der Waals surface area contributed by atoms with Gasteiger partial charge < -0.3 is 16.0 Å². The molecule has 4 N–H and O–H groups in total.